The SMILES string of the molecule is CC(C)Oc1ccc(-c2nc(C(=O)Nc3cnn(C(C)(C)C)c3)cs2)cc1. The molecule has 7 heteroatoms. The molecule has 0 atom stereocenters. The van der Waals surface area contributed by atoms with Crippen LogP contribution in [0.15, 0.2) is 42.0 Å². The average Bonchev–Trinajstić information content (AvgIpc) is 3.24. The van der Waals surface area contributed by atoms with E-state index in [-0.39, 0.29) is 17.6 Å². The lowest BCUT2D eigenvalue weighted by Crippen LogP contribution is -2.22. The summed E-state index contributed by atoms with van der Waals surface area (Å²) in [5, 5.41) is 9.69. The molecule has 3 aromatic rings. The summed E-state index contributed by atoms with van der Waals surface area (Å²) < 4.78 is 7.47. The van der Waals surface area contributed by atoms with Crippen molar-refractivity contribution in [3.63, 3.8) is 0 Å². The maximum absolute atomic E-state index is 12.5. The van der Waals surface area contributed by atoms with Crippen LogP contribution in [0.3, 0.4) is 0 Å². The van der Waals surface area contributed by atoms with Crippen molar-refractivity contribution < 1.29 is 9.53 Å². The molecule has 0 radical (unpaired) electrons. The molecule has 0 fully saturated rings. The highest BCUT2D eigenvalue weighted by molar-refractivity contribution is 7.13. The van der Waals surface area contributed by atoms with Gasteiger partial charge in [0.2, 0.25) is 0 Å². The van der Waals surface area contributed by atoms with Crippen molar-refractivity contribution in [2.75, 3.05) is 5.32 Å². The standard InChI is InChI=1S/C20H24N4O2S/c1-13(2)26-16-8-6-14(7-9-16)19-23-17(12-27-19)18(25)22-15-10-21-24(11-15)20(3,4)5/h6-13H,1-5H3,(H,22,25). The first kappa shape index (κ1) is 19.1. The molecule has 0 spiro atoms. The fourth-order valence-electron chi connectivity index (χ4n) is 2.41. The summed E-state index contributed by atoms with van der Waals surface area (Å²) in [5.41, 5.74) is 1.86. The van der Waals surface area contributed by atoms with Crippen molar-refractivity contribution in [1.29, 1.82) is 0 Å². The van der Waals surface area contributed by atoms with Gasteiger partial charge in [-0.15, -0.1) is 11.3 Å². The van der Waals surface area contributed by atoms with Crippen LogP contribution in [0.2, 0.25) is 0 Å². The van der Waals surface area contributed by atoms with Crippen molar-refractivity contribution in [2.45, 2.75) is 46.3 Å². The molecule has 0 aliphatic heterocycles. The van der Waals surface area contributed by atoms with E-state index in [9.17, 15) is 4.79 Å². The molecule has 0 bridgehead atoms. The molecule has 1 N–H and O–H groups in total. The van der Waals surface area contributed by atoms with E-state index in [2.05, 4.69) is 36.2 Å². The summed E-state index contributed by atoms with van der Waals surface area (Å²) >= 11 is 1.44. The Morgan fingerprint density at radius 2 is 1.93 bits per heavy atom. The molecule has 142 valence electrons. The number of nitrogens with zero attached hydrogens (tertiary/aromatic N) is 3. The monoisotopic (exact) mass is 384 g/mol. The summed E-state index contributed by atoms with van der Waals surface area (Å²) in [6.45, 7) is 10.1. The molecular weight excluding hydrogens is 360 g/mol. The van der Waals surface area contributed by atoms with Gasteiger partial charge in [0.05, 0.1) is 23.5 Å². The normalized spacial score (nSPS) is 11.6. The molecule has 3 rings (SSSR count). The summed E-state index contributed by atoms with van der Waals surface area (Å²) in [7, 11) is 0. The van der Waals surface area contributed by atoms with Crippen LogP contribution in [-0.2, 0) is 5.54 Å². The largest absolute Gasteiger partial charge is 0.491 e. The maximum Gasteiger partial charge on any atom is 0.275 e. The Morgan fingerprint density at radius 3 is 2.52 bits per heavy atom. The van der Waals surface area contributed by atoms with Crippen LogP contribution in [0.4, 0.5) is 5.69 Å². The van der Waals surface area contributed by atoms with Gasteiger partial charge in [-0.3, -0.25) is 9.48 Å². The predicted molar refractivity (Wildman–Crippen MR) is 108 cm³/mol. The molecule has 0 saturated heterocycles. The van der Waals surface area contributed by atoms with E-state index in [0.717, 1.165) is 16.3 Å². The third kappa shape index (κ3) is 4.74. The molecule has 27 heavy (non-hydrogen) atoms. The Labute approximate surface area is 163 Å². The number of ether oxygens (including phenoxy) is 1. The van der Waals surface area contributed by atoms with Crippen molar-refractivity contribution in [1.82, 2.24) is 14.8 Å². The number of hydrogen-bond acceptors (Lipinski definition) is 5. The van der Waals surface area contributed by atoms with Gasteiger partial charge in [-0.2, -0.15) is 5.10 Å². The highest BCUT2D eigenvalue weighted by Crippen LogP contribution is 2.26. The quantitative estimate of drug-likeness (QED) is 0.686. The maximum atomic E-state index is 12.5. The number of amides is 1. The number of hydrogen-bond donors (Lipinski definition) is 1. The Kier molecular flexibility index (Phi) is 5.32. The molecule has 0 unspecified atom stereocenters. The molecular formula is C20H24N4O2S. The average molecular weight is 385 g/mol. The molecule has 1 amide bonds. The van der Waals surface area contributed by atoms with Crippen molar-refractivity contribution in [3.8, 4) is 16.3 Å². The van der Waals surface area contributed by atoms with Crippen molar-refractivity contribution in [2.24, 2.45) is 0 Å². The van der Waals surface area contributed by atoms with E-state index in [4.69, 9.17) is 4.74 Å². The minimum absolute atomic E-state index is 0.133. The molecule has 6 nitrogen and oxygen atoms in total. The molecule has 2 aromatic heterocycles. The second-order valence-corrected chi connectivity index (χ2v) is 8.39. The number of benzene rings is 1. The van der Waals surface area contributed by atoms with Gasteiger partial charge in [-0.1, -0.05) is 0 Å². The van der Waals surface area contributed by atoms with Gasteiger partial charge in [0, 0.05) is 17.1 Å². The first-order valence-corrected chi connectivity index (χ1v) is 9.69. The van der Waals surface area contributed by atoms with Gasteiger partial charge in [-0.05, 0) is 58.9 Å². The molecule has 0 aliphatic rings. The van der Waals surface area contributed by atoms with Gasteiger partial charge in [0.1, 0.15) is 16.5 Å². The van der Waals surface area contributed by atoms with Crippen LogP contribution >= 0.6 is 11.3 Å². The van der Waals surface area contributed by atoms with Gasteiger partial charge < -0.3 is 10.1 Å². The summed E-state index contributed by atoms with van der Waals surface area (Å²) in [6, 6.07) is 7.73. The van der Waals surface area contributed by atoms with Gasteiger partial charge >= 0.3 is 0 Å². The van der Waals surface area contributed by atoms with E-state index in [0.29, 0.717) is 11.4 Å². The zero-order chi connectivity index (χ0) is 19.6. The predicted octanol–water partition coefficient (Wildman–Crippen LogP) is 4.80. The van der Waals surface area contributed by atoms with Crippen molar-refractivity contribution in [3.05, 3.63) is 47.7 Å². The zero-order valence-corrected chi connectivity index (χ0v) is 17.0. The number of carbonyl (C=O) groups excluding carboxylic acids is 1. The number of carbonyl (C=O) groups is 1. The van der Waals surface area contributed by atoms with Crippen molar-refractivity contribution >= 4 is 22.9 Å². The fraction of sp³-hybridized carbons (Fsp3) is 0.350. The third-order valence-electron chi connectivity index (χ3n) is 3.74. The minimum Gasteiger partial charge on any atom is -0.491 e. The van der Waals surface area contributed by atoms with Crippen LogP contribution < -0.4 is 10.1 Å². The molecule has 2 heterocycles. The Balaban J connectivity index is 1.69. The third-order valence-corrected chi connectivity index (χ3v) is 4.63. The number of anilines is 1. The molecule has 1 aromatic carbocycles. The number of nitrogens with one attached hydrogen (secondary N) is 1. The Bertz CT molecular complexity index is 920. The minimum atomic E-state index is -0.245. The summed E-state index contributed by atoms with van der Waals surface area (Å²) in [5.74, 6) is 0.574. The van der Waals surface area contributed by atoms with E-state index in [1.807, 2.05) is 49.0 Å². The highest BCUT2D eigenvalue weighted by Gasteiger charge is 2.17. The van der Waals surface area contributed by atoms with Crippen LogP contribution in [0.1, 0.15) is 45.1 Å². The van der Waals surface area contributed by atoms with E-state index in [1.165, 1.54) is 11.3 Å². The van der Waals surface area contributed by atoms with Gasteiger partial charge in [0.25, 0.3) is 5.91 Å². The number of rotatable bonds is 5. The van der Waals surface area contributed by atoms with E-state index >= 15 is 0 Å². The summed E-state index contributed by atoms with van der Waals surface area (Å²) in [4.78, 5) is 16.9. The lowest BCUT2D eigenvalue weighted by molar-refractivity contribution is 0.102. The first-order chi connectivity index (χ1) is 12.7. The molecule has 0 aliphatic carbocycles. The highest BCUT2D eigenvalue weighted by atomic mass is 32.1. The van der Waals surface area contributed by atoms with Crippen LogP contribution in [0, 0.1) is 0 Å². The van der Waals surface area contributed by atoms with Crippen LogP contribution in [0.5, 0.6) is 5.75 Å². The van der Waals surface area contributed by atoms with Crippen LogP contribution in [-0.4, -0.2) is 26.8 Å². The number of thiazole rings is 1. The topological polar surface area (TPSA) is 69.0 Å². The Morgan fingerprint density at radius 1 is 1.22 bits per heavy atom. The zero-order valence-electron chi connectivity index (χ0n) is 16.2. The second-order valence-electron chi connectivity index (χ2n) is 7.53. The second kappa shape index (κ2) is 7.52. The Hall–Kier alpha value is -2.67. The fourth-order valence-corrected chi connectivity index (χ4v) is 3.21. The smallest absolute Gasteiger partial charge is 0.275 e. The molecule has 0 saturated carbocycles. The van der Waals surface area contributed by atoms with E-state index < -0.39 is 0 Å². The van der Waals surface area contributed by atoms with E-state index in [1.54, 1.807) is 11.6 Å². The van der Waals surface area contributed by atoms with Gasteiger partial charge in [-0.25, -0.2) is 4.98 Å². The van der Waals surface area contributed by atoms with Crippen LogP contribution in [0.25, 0.3) is 10.6 Å². The van der Waals surface area contributed by atoms with Gasteiger partial charge in [0.15, 0.2) is 0 Å². The summed E-state index contributed by atoms with van der Waals surface area (Å²) in [6.07, 6.45) is 3.59. The first-order valence-electron chi connectivity index (χ1n) is 8.81. The lowest BCUT2D eigenvalue weighted by Gasteiger charge is -2.18. The number of aromatic nitrogens is 3. The lowest BCUT2D eigenvalue weighted by atomic mass is 10.1.